The number of thiazole rings is 1. The molecule has 120 valence electrons. The zero-order chi connectivity index (χ0) is 16.8. The van der Waals surface area contributed by atoms with E-state index in [0.717, 1.165) is 15.5 Å². The number of nitrogens with zero attached hydrogens (tertiary/aromatic N) is 2. The first-order valence-electron chi connectivity index (χ1n) is 7.06. The van der Waals surface area contributed by atoms with Gasteiger partial charge in [-0.25, -0.2) is 9.38 Å². The van der Waals surface area contributed by atoms with E-state index in [2.05, 4.69) is 20.9 Å². The van der Waals surface area contributed by atoms with E-state index in [1.807, 2.05) is 24.3 Å². The number of para-hydroxylation sites is 2. The first-order chi connectivity index (χ1) is 11.6. The van der Waals surface area contributed by atoms with Crippen LogP contribution in [0.4, 0.5) is 0 Å². The highest BCUT2D eigenvalue weighted by atomic mass is 79.9. The molecule has 0 aliphatic carbocycles. The Morgan fingerprint density at radius 2 is 2.12 bits per heavy atom. The number of benzene rings is 2. The van der Waals surface area contributed by atoms with Crippen molar-refractivity contribution in [3.05, 3.63) is 61.3 Å². The molecule has 0 fully saturated rings. The lowest BCUT2D eigenvalue weighted by Gasteiger charge is -2.06. The Kier molecular flexibility index (Phi) is 3.54. The second-order valence-electron chi connectivity index (χ2n) is 5.18. The van der Waals surface area contributed by atoms with Crippen molar-refractivity contribution < 1.29 is 9.84 Å². The molecule has 4 aromatic rings. The highest BCUT2D eigenvalue weighted by Crippen LogP contribution is 2.34. The lowest BCUT2D eigenvalue weighted by molar-refractivity contribution is 0.372. The molecule has 0 bridgehead atoms. The fourth-order valence-electron chi connectivity index (χ4n) is 2.61. The molecule has 2 heterocycles. The van der Waals surface area contributed by atoms with E-state index in [-0.39, 0.29) is 11.3 Å². The summed E-state index contributed by atoms with van der Waals surface area (Å²) in [4.78, 5) is 17.8. The molecule has 7 heteroatoms. The predicted molar refractivity (Wildman–Crippen MR) is 98.0 cm³/mol. The molecule has 2 aromatic carbocycles. The molecule has 2 aromatic heterocycles. The summed E-state index contributed by atoms with van der Waals surface area (Å²) in [5.41, 5.74) is 1.93. The summed E-state index contributed by atoms with van der Waals surface area (Å²) in [7, 11) is 1.48. The third-order valence-electron chi connectivity index (χ3n) is 3.72. The molecule has 0 aliphatic heterocycles. The summed E-state index contributed by atoms with van der Waals surface area (Å²) in [5, 5.41) is 10.3. The molecule has 0 atom stereocenters. The number of rotatable bonds is 2. The number of imidazole rings is 1. The number of hydrogen-bond donors (Lipinski definition) is 1. The second-order valence-corrected chi connectivity index (χ2v) is 7.10. The number of ether oxygens (including phenoxy) is 1. The van der Waals surface area contributed by atoms with Crippen molar-refractivity contribution in [1.29, 1.82) is 0 Å². The van der Waals surface area contributed by atoms with E-state index in [9.17, 15) is 9.90 Å². The lowest BCUT2D eigenvalue weighted by atomic mass is 10.2. The van der Waals surface area contributed by atoms with Crippen LogP contribution in [0.3, 0.4) is 0 Å². The summed E-state index contributed by atoms with van der Waals surface area (Å²) >= 11 is 4.67. The predicted octanol–water partition coefficient (Wildman–Crippen LogP) is 2.93. The largest absolute Gasteiger partial charge is 0.504 e. The van der Waals surface area contributed by atoms with Crippen molar-refractivity contribution in [2.45, 2.75) is 0 Å². The SMILES string of the molecule is COc1cc(Br)cc(C=c2sc3nc4ccccc4n3c2=O)c1O. The van der Waals surface area contributed by atoms with Gasteiger partial charge in [-0.05, 0) is 30.3 Å². The van der Waals surface area contributed by atoms with Gasteiger partial charge in [0, 0.05) is 10.0 Å². The van der Waals surface area contributed by atoms with Crippen molar-refractivity contribution >= 4 is 49.3 Å². The van der Waals surface area contributed by atoms with Gasteiger partial charge >= 0.3 is 0 Å². The van der Waals surface area contributed by atoms with Gasteiger partial charge in [0.15, 0.2) is 16.5 Å². The van der Waals surface area contributed by atoms with E-state index in [1.165, 1.54) is 18.4 Å². The van der Waals surface area contributed by atoms with Crippen LogP contribution >= 0.6 is 27.3 Å². The van der Waals surface area contributed by atoms with Crippen molar-refractivity contribution in [2.75, 3.05) is 7.11 Å². The van der Waals surface area contributed by atoms with Gasteiger partial charge in [0.1, 0.15) is 0 Å². The second kappa shape index (κ2) is 5.61. The molecule has 0 radical (unpaired) electrons. The van der Waals surface area contributed by atoms with Gasteiger partial charge in [-0.1, -0.05) is 39.4 Å². The van der Waals surface area contributed by atoms with Gasteiger partial charge in [-0.2, -0.15) is 0 Å². The third kappa shape index (κ3) is 2.28. The van der Waals surface area contributed by atoms with Crippen LogP contribution in [0, 0.1) is 0 Å². The number of phenolic OH excluding ortho intramolecular Hbond substituents is 1. The van der Waals surface area contributed by atoms with Crippen LogP contribution in [0.1, 0.15) is 5.56 Å². The molecule has 24 heavy (non-hydrogen) atoms. The van der Waals surface area contributed by atoms with E-state index >= 15 is 0 Å². The van der Waals surface area contributed by atoms with E-state index in [1.54, 1.807) is 22.6 Å². The Balaban J connectivity index is 2.01. The van der Waals surface area contributed by atoms with Crippen LogP contribution in [-0.4, -0.2) is 21.6 Å². The molecule has 0 saturated heterocycles. The van der Waals surface area contributed by atoms with Gasteiger partial charge in [0.25, 0.3) is 5.56 Å². The maximum Gasteiger partial charge on any atom is 0.274 e. The highest BCUT2D eigenvalue weighted by Gasteiger charge is 2.12. The first kappa shape index (κ1) is 15.2. The Hall–Kier alpha value is -2.38. The summed E-state index contributed by atoms with van der Waals surface area (Å²) in [6.07, 6.45) is 1.65. The number of halogens is 1. The van der Waals surface area contributed by atoms with E-state index < -0.39 is 0 Å². The normalized spacial score (nSPS) is 12.3. The van der Waals surface area contributed by atoms with Crippen molar-refractivity contribution in [1.82, 2.24) is 9.38 Å². The maximum atomic E-state index is 12.7. The molecule has 0 aliphatic rings. The average molecular weight is 403 g/mol. The number of phenols is 1. The monoisotopic (exact) mass is 402 g/mol. The number of methoxy groups -OCH3 is 1. The summed E-state index contributed by atoms with van der Waals surface area (Å²) in [6.45, 7) is 0. The van der Waals surface area contributed by atoms with Crippen molar-refractivity contribution in [2.24, 2.45) is 0 Å². The van der Waals surface area contributed by atoms with Crippen molar-refractivity contribution in [3.8, 4) is 11.5 Å². The summed E-state index contributed by atoms with van der Waals surface area (Å²) < 4.78 is 7.99. The highest BCUT2D eigenvalue weighted by molar-refractivity contribution is 9.10. The van der Waals surface area contributed by atoms with E-state index in [0.29, 0.717) is 20.8 Å². The van der Waals surface area contributed by atoms with Crippen LogP contribution in [0.25, 0.3) is 22.1 Å². The zero-order valence-corrected chi connectivity index (χ0v) is 14.9. The molecule has 4 rings (SSSR count). The Morgan fingerprint density at radius 1 is 1.33 bits per heavy atom. The van der Waals surface area contributed by atoms with Gasteiger partial charge in [0.05, 0.1) is 22.7 Å². The van der Waals surface area contributed by atoms with Crippen LogP contribution < -0.4 is 14.8 Å². The quantitative estimate of drug-likeness (QED) is 0.559. The Morgan fingerprint density at radius 3 is 2.92 bits per heavy atom. The van der Waals surface area contributed by atoms with Gasteiger partial charge in [-0.3, -0.25) is 4.79 Å². The third-order valence-corrected chi connectivity index (χ3v) is 5.15. The van der Waals surface area contributed by atoms with Gasteiger partial charge in [0.2, 0.25) is 0 Å². The average Bonchev–Trinajstić information content (AvgIpc) is 3.07. The molecule has 0 unspecified atom stereocenters. The number of aromatic hydroxyl groups is 1. The smallest absolute Gasteiger partial charge is 0.274 e. The molecular formula is C17H11BrN2O3S. The van der Waals surface area contributed by atoms with Crippen LogP contribution in [-0.2, 0) is 0 Å². The fourth-order valence-corrected chi connectivity index (χ4v) is 4.05. The zero-order valence-electron chi connectivity index (χ0n) is 12.5. The molecule has 5 nitrogen and oxygen atoms in total. The first-order valence-corrected chi connectivity index (χ1v) is 8.67. The summed E-state index contributed by atoms with van der Waals surface area (Å²) in [6, 6.07) is 10.9. The lowest BCUT2D eigenvalue weighted by Crippen LogP contribution is -2.22. The molecule has 0 amide bonds. The molecule has 0 saturated carbocycles. The topological polar surface area (TPSA) is 63.8 Å². The fraction of sp³-hybridized carbons (Fsp3) is 0.0588. The van der Waals surface area contributed by atoms with Crippen LogP contribution in [0.15, 0.2) is 45.7 Å². The van der Waals surface area contributed by atoms with E-state index in [4.69, 9.17) is 4.74 Å². The molecule has 1 N–H and O–H groups in total. The number of hydrogen-bond acceptors (Lipinski definition) is 5. The Labute approximate surface area is 148 Å². The minimum atomic E-state index is -0.151. The summed E-state index contributed by atoms with van der Waals surface area (Å²) in [5.74, 6) is 0.339. The molecule has 0 spiro atoms. The van der Waals surface area contributed by atoms with Crippen LogP contribution in [0.5, 0.6) is 11.5 Å². The van der Waals surface area contributed by atoms with Crippen molar-refractivity contribution in [3.63, 3.8) is 0 Å². The maximum absolute atomic E-state index is 12.7. The number of fused-ring (bicyclic) bond motifs is 3. The minimum absolute atomic E-state index is 0.00371. The van der Waals surface area contributed by atoms with Crippen LogP contribution in [0.2, 0.25) is 0 Å². The molecular weight excluding hydrogens is 392 g/mol. The van der Waals surface area contributed by atoms with Gasteiger partial charge < -0.3 is 9.84 Å². The standard InChI is InChI=1S/C17H11BrN2O3S/c1-23-13-8-10(18)6-9(15(13)21)7-14-16(22)20-12-5-3-2-4-11(12)19-17(20)24-14/h2-8,21H,1H3. The Bertz CT molecular complexity index is 1200. The minimum Gasteiger partial charge on any atom is -0.504 e. The van der Waals surface area contributed by atoms with Gasteiger partial charge in [-0.15, -0.1) is 0 Å². The number of aromatic nitrogens is 2.